The Bertz CT molecular complexity index is 575. The van der Waals surface area contributed by atoms with Gasteiger partial charge in [0, 0.05) is 52.0 Å². The summed E-state index contributed by atoms with van der Waals surface area (Å²) in [6, 6.07) is 5.15. The van der Waals surface area contributed by atoms with Gasteiger partial charge in [0.1, 0.15) is 5.82 Å². The molecule has 1 aliphatic heterocycles. The van der Waals surface area contributed by atoms with Crippen molar-refractivity contribution in [2.24, 2.45) is 10.9 Å². The van der Waals surface area contributed by atoms with Crippen molar-refractivity contribution in [1.29, 1.82) is 0 Å². The Hall–Kier alpha value is -1.09. The number of nitrogens with zero attached hydrogens (tertiary/aromatic N) is 4. The molecular weight excluding hydrogens is 439 g/mol. The van der Waals surface area contributed by atoms with Gasteiger partial charge < -0.3 is 15.5 Å². The van der Waals surface area contributed by atoms with E-state index in [9.17, 15) is 0 Å². The van der Waals surface area contributed by atoms with Crippen molar-refractivity contribution < 1.29 is 0 Å². The van der Waals surface area contributed by atoms with E-state index in [0.29, 0.717) is 24.5 Å². The summed E-state index contributed by atoms with van der Waals surface area (Å²) in [5.41, 5.74) is 1.17. The molecule has 1 saturated heterocycles. The summed E-state index contributed by atoms with van der Waals surface area (Å²) in [5, 5.41) is 7.01. The van der Waals surface area contributed by atoms with E-state index in [4.69, 9.17) is 4.99 Å². The first-order valence-corrected chi connectivity index (χ1v) is 9.31. The van der Waals surface area contributed by atoms with Crippen molar-refractivity contribution in [3.8, 4) is 0 Å². The molecule has 0 spiro atoms. The maximum Gasteiger partial charge on any atom is 0.191 e. The van der Waals surface area contributed by atoms with Gasteiger partial charge in [0.15, 0.2) is 5.96 Å². The molecule has 1 aromatic heterocycles. The third-order valence-corrected chi connectivity index (χ3v) is 4.73. The molecular formula is C19H35IN6. The molecule has 148 valence electrons. The lowest BCUT2D eigenvalue weighted by atomic mass is 10.1. The highest BCUT2D eigenvalue weighted by Gasteiger charge is 2.31. The summed E-state index contributed by atoms with van der Waals surface area (Å²) < 4.78 is 0. The SMILES string of the molecule is CCNC(=NCc1ccnc(N(C)C)c1)NC1CN(C(C)C)CC1C.I. The average molecular weight is 474 g/mol. The zero-order valence-electron chi connectivity index (χ0n) is 17.0. The van der Waals surface area contributed by atoms with E-state index < -0.39 is 0 Å². The number of aliphatic imine (C=N–C) groups is 1. The second kappa shape index (κ2) is 10.9. The van der Waals surface area contributed by atoms with Crippen molar-refractivity contribution in [3.63, 3.8) is 0 Å². The topological polar surface area (TPSA) is 55.8 Å². The van der Waals surface area contributed by atoms with Crippen molar-refractivity contribution in [2.75, 3.05) is 38.6 Å². The van der Waals surface area contributed by atoms with E-state index in [0.717, 1.165) is 31.4 Å². The molecule has 2 rings (SSSR count). The molecule has 0 aliphatic carbocycles. The minimum absolute atomic E-state index is 0. The minimum Gasteiger partial charge on any atom is -0.363 e. The van der Waals surface area contributed by atoms with Gasteiger partial charge in [-0.25, -0.2) is 9.98 Å². The molecule has 1 fully saturated rings. The van der Waals surface area contributed by atoms with Crippen LogP contribution in [0.4, 0.5) is 5.82 Å². The lowest BCUT2D eigenvalue weighted by molar-refractivity contribution is 0.265. The van der Waals surface area contributed by atoms with E-state index in [2.05, 4.69) is 54.3 Å². The van der Waals surface area contributed by atoms with Gasteiger partial charge in [0.2, 0.25) is 0 Å². The highest BCUT2D eigenvalue weighted by molar-refractivity contribution is 14.0. The predicted molar refractivity (Wildman–Crippen MR) is 122 cm³/mol. The second-order valence-corrected chi connectivity index (χ2v) is 7.39. The van der Waals surface area contributed by atoms with Crippen molar-refractivity contribution >= 4 is 35.8 Å². The normalized spacial score (nSPS) is 20.8. The van der Waals surface area contributed by atoms with E-state index in [1.807, 2.05) is 31.3 Å². The molecule has 0 bridgehead atoms. The van der Waals surface area contributed by atoms with Crippen LogP contribution in [0, 0.1) is 5.92 Å². The molecule has 26 heavy (non-hydrogen) atoms. The molecule has 2 N–H and O–H groups in total. The largest absolute Gasteiger partial charge is 0.363 e. The van der Waals surface area contributed by atoms with E-state index in [-0.39, 0.29) is 24.0 Å². The molecule has 0 radical (unpaired) electrons. The van der Waals surface area contributed by atoms with Crippen LogP contribution in [0.1, 0.15) is 33.3 Å². The Morgan fingerprint density at radius 2 is 2.12 bits per heavy atom. The van der Waals surface area contributed by atoms with Gasteiger partial charge in [-0.1, -0.05) is 6.92 Å². The van der Waals surface area contributed by atoms with Crippen molar-refractivity contribution in [2.45, 2.75) is 46.3 Å². The van der Waals surface area contributed by atoms with Gasteiger partial charge in [0.25, 0.3) is 0 Å². The number of pyridine rings is 1. The van der Waals surface area contributed by atoms with Gasteiger partial charge >= 0.3 is 0 Å². The van der Waals surface area contributed by atoms with Crippen LogP contribution >= 0.6 is 24.0 Å². The van der Waals surface area contributed by atoms with Gasteiger partial charge in [-0.3, -0.25) is 4.90 Å². The number of hydrogen-bond acceptors (Lipinski definition) is 4. The second-order valence-electron chi connectivity index (χ2n) is 7.39. The van der Waals surface area contributed by atoms with Gasteiger partial charge in [-0.2, -0.15) is 0 Å². The molecule has 0 amide bonds. The molecule has 2 unspecified atom stereocenters. The Kier molecular flexibility index (Phi) is 9.63. The molecule has 2 atom stereocenters. The Labute approximate surface area is 175 Å². The number of likely N-dealkylation sites (tertiary alicyclic amines) is 1. The molecule has 0 saturated carbocycles. The van der Waals surface area contributed by atoms with Crippen LogP contribution < -0.4 is 15.5 Å². The summed E-state index contributed by atoms with van der Waals surface area (Å²) in [5.74, 6) is 2.48. The molecule has 2 heterocycles. The quantitative estimate of drug-likeness (QED) is 0.377. The minimum atomic E-state index is 0. The fraction of sp³-hybridized carbons (Fsp3) is 0.684. The summed E-state index contributed by atoms with van der Waals surface area (Å²) in [6.45, 7) is 12.7. The van der Waals surface area contributed by atoms with Crippen molar-refractivity contribution in [3.05, 3.63) is 23.9 Å². The van der Waals surface area contributed by atoms with E-state index in [1.165, 1.54) is 5.56 Å². The molecule has 1 aromatic rings. The smallest absolute Gasteiger partial charge is 0.191 e. The third-order valence-electron chi connectivity index (χ3n) is 4.73. The summed E-state index contributed by atoms with van der Waals surface area (Å²) in [4.78, 5) is 13.7. The Morgan fingerprint density at radius 1 is 1.38 bits per heavy atom. The van der Waals surface area contributed by atoms with Crippen molar-refractivity contribution in [1.82, 2.24) is 20.5 Å². The van der Waals surface area contributed by atoms with Gasteiger partial charge in [0.05, 0.1) is 6.54 Å². The molecule has 6 nitrogen and oxygen atoms in total. The number of guanidine groups is 1. The van der Waals surface area contributed by atoms with Gasteiger partial charge in [-0.15, -0.1) is 24.0 Å². The fourth-order valence-electron chi connectivity index (χ4n) is 3.08. The number of nitrogens with one attached hydrogen (secondary N) is 2. The summed E-state index contributed by atoms with van der Waals surface area (Å²) >= 11 is 0. The number of anilines is 1. The molecule has 7 heteroatoms. The first-order chi connectivity index (χ1) is 11.9. The van der Waals surface area contributed by atoms with Crippen LogP contribution in [0.2, 0.25) is 0 Å². The highest BCUT2D eigenvalue weighted by atomic mass is 127. The molecule has 1 aliphatic rings. The van der Waals surface area contributed by atoms with E-state index >= 15 is 0 Å². The maximum atomic E-state index is 4.78. The van der Waals surface area contributed by atoms with Crippen LogP contribution in [-0.4, -0.2) is 61.7 Å². The first kappa shape index (κ1) is 23.0. The van der Waals surface area contributed by atoms with Crippen LogP contribution in [-0.2, 0) is 6.54 Å². The lowest BCUT2D eigenvalue weighted by Crippen LogP contribution is -2.46. The first-order valence-electron chi connectivity index (χ1n) is 9.31. The number of hydrogen-bond donors (Lipinski definition) is 2. The monoisotopic (exact) mass is 474 g/mol. The van der Waals surface area contributed by atoms with Crippen LogP contribution in [0.5, 0.6) is 0 Å². The van der Waals surface area contributed by atoms with Gasteiger partial charge in [-0.05, 0) is 44.4 Å². The maximum absolute atomic E-state index is 4.78. The average Bonchev–Trinajstić information content (AvgIpc) is 2.94. The standard InChI is InChI=1S/C19H34N6.HI/c1-7-20-19(23-17-13-25(14(2)3)12-15(17)4)22-11-16-8-9-21-18(10-16)24(5)6;/h8-10,14-15,17H,7,11-13H2,1-6H3,(H2,20,22,23);1H. The van der Waals surface area contributed by atoms with Crippen LogP contribution in [0.25, 0.3) is 0 Å². The third kappa shape index (κ3) is 6.57. The van der Waals surface area contributed by atoms with Crippen LogP contribution in [0.15, 0.2) is 23.3 Å². The zero-order chi connectivity index (χ0) is 18.4. The van der Waals surface area contributed by atoms with Crippen LogP contribution in [0.3, 0.4) is 0 Å². The highest BCUT2D eigenvalue weighted by Crippen LogP contribution is 2.18. The summed E-state index contributed by atoms with van der Waals surface area (Å²) in [6.07, 6.45) is 1.85. The Balaban J connectivity index is 0.00000338. The summed E-state index contributed by atoms with van der Waals surface area (Å²) in [7, 11) is 4.01. The van der Waals surface area contributed by atoms with E-state index in [1.54, 1.807) is 0 Å². The molecule has 0 aromatic carbocycles. The number of rotatable bonds is 6. The fourth-order valence-corrected chi connectivity index (χ4v) is 3.08. The number of halogens is 1. The number of aromatic nitrogens is 1. The Morgan fingerprint density at radius 3 is 2.69 bits per heavy atom. The predicted octanol–water partition coefficient (Wildman–Crippen LogP) is 2.55. The lowest BCUT2D eigenvalue weighted by Gasteiger charge is -2.22. The zero-order valence-corrected chi connectivity index (χ0v) is 19.3.